The SMILES string of the molecule is C.C.C=Cc1ccc(/C=C/C)cc1.CC. The van der Waals surface area contributed by atoms with Gasteiger partial charge in [-0.25, -0.2) is 0 Å². The van der Waals surface area contributed by atoms with E-state index in [1.807, 2.05) is 32.9 Å². The number of allylic oxidation sites excluding steroid dienone is 1. The third kappa shape index (κ3) is 7.75. The van der Waals surface area contributed by atoms with Gasteiger partial charge in [0.1, 0.15) is 0 Å². The van der Waals surface area contributed by atoms with Crippen LogP contribution in [0.2, 0.25) is 0 Å². The van der Waals surface area contributed by atoms with Gasteiger partial charge >= 0.3 is 0 Å². The maximum Gasteiger partial charge on any atom is -0.0260 e. The highest BCUT2D eigenvalue weighted by Gasteiger charge is 1.85. The molecule has 0 heteroatoms. The van der Waals surface area contributed by atoms with Gasteiger partial charge in [0.15, 0.2) is 0 Å². The van der Waals surface area contributed by atoms with E-state index >= 15 is 0 Å². The van der Waals surface area contributed by atoms with Crippen LogP contribution in [0.25, 0.3) is 12.2 Å². The molecular formula is C15H26. The number of hydrogen-bond acceptors (Lipinski definition) is 0. The van der Waals surface area contributed by atoms with E-state index in [1.165, 1.54) is 11.1 Å². The van der Waals surface area contributed by atoms with Gasteiger partial charge in [-0.15, -0.1) is 0 Å². The smallest absolute Gasteiger partial charge is 0.0260 e. The maximum atomic E-state index is 3.69. The molecule has 1 aromatic carbocycles. The fourth-order valence-electron chi connectivity index (χ4n) is 0.936. The summed E-state index contributed by atoms with van der Waals surface area (Å²) in [6, 6.07) is 8.28. The monoisotopic (exact) mass is 206 g/mol. The summed E-state index contributed by atoms with van der Waals surface area (Å²) in [7, 11) is 0. The van der Waals surface area contributed by atoms with Gasteiger partial charge in [-0.2, -0.15) is 0 Å². The molecule has 0 aliphatic rings. The van der Waals surface area contributed by atoms with Crippen molar-refractivity contribution in [1.82, 2.24) is 0 Å². The van der Waals surface area contributed by atoms with Crippen LogP contribution >= 0.6 is 0 Å². The first-order valence-electron chi connectivity index (χ1n) is 4.72. The van der Waals surface area contributed by atoms with Crippen molar-refractivity contribution in [1.29, 1.82) is 0 Å². The lowest BCUT2D eigenvalue weighted by atomic mass is 10.1. The van der Waals surface area contributed by atoms with Crippen molar-refractivity contribution in [3.05, 3.63) is 48.0 Å². The molecule has 0 amide bonds. The highest BCUT2D eigenvalue weighted by molar-refractivity contribution is 5.54. The van der Waals surface area contributed by atoms with Crippen LogP contribution in [0.15, 0.2) is 36.9 Å². The lowest BCUT2D eigenvalue weighted by molar-refractivity contribution is 1.50. The molecule has 0 atom stereocenters. The van der Waals surface area contributed by atoms with Crippen molar-refractivity contribution in [3.8, 4) is 0 Å². The molecule has 0 unspecified atom stereocenters. The van der Waals surface area contributed by atoms with Crippen molar-refractivity contribution in [2.24, 2.45) is 0 Å². The molecule has 0 nitrogen and oxygen atoms in total. The van der Waals surface area contributed by atoms with Crippen LogP contribution in [-0.4, -0.2) is 0 Å². The summed E-state index contributed by atoms with van der Waals surface area (Å²) >= 11 is 0. The molecule has 0 heterocycles. The largest absolute Gasteiger partial charge is 0.0985 e. The summed E-state index contributed by atoms with van der Waals surface area (Å²) in [5, 5.41) is 0. The summed E-state index contributed by atoms with van der Waals surface area (Å²) < 4.78 is 0. The third-order valence-corrected chi connectivity index (χ3v) is 1.53. The molecule has 0 N–H and O–H groups in total. The highest BCUT2D eigenvalue weighted by atomic mass is 13.9. The Hall–Kier alpha value is -1.30. The molecule has 0 spiro atoms. The lowest BCUT2D eigenvalue weighted by Crippen LogP contribution is -1.72. The van der Waals surface area contributed by atoms with Crippen LogP contribution in [0, 0.1) is 0 Å². The molecule has 86 valence electrons. The van der Waals surface area contributed by atoms with Gasteiger partial charge in [-0.05, 0) is 18.1 Å². The number of benzene rings is 1. The van der Waals surface area contributed by atoms with Crippen LogP contribution in [-0.2, 0) is 0 Å². The van der Waals surface area contributed by atoms with Crippen molar-refractivity contribution < 1.29 is 0 Å². The summed E-state index contributed by atoms with van der Waals surface area (Å²) in [5.41, 5.74) is 2.40. The van der Waals surface area contributed by atoms with Crippen LogP contribution in [0.5, 0.6) is 0 Å². The molecule has 0 aliphatic carbocycles. The second-order valence-electron chi connectivity index (χ2n) is 2.37. The Morgan fingerprint density at radius 1 is 0.933 bits per heavy atom. The number of hydrogen-bond donors (Lipinski definition) is 0. The minimum atomic E-state index is 0. The average Bonchev–Trinajstić information content (AvgIpc) is 2.23. The van der Waals surface area contributed by atoms with Crippen LogP contribution in [0.1, 0.15) is 46.8 Å². The summed E-state index contributed by atoms with van der Waals surface area (Å²) in [4.78, 5) is 0. The molecule has 0 fully saturated rings. The van der Waals surface area contributed by atoms with Crippen LogP contribution < -0.4 is 0 Å². The first-order chi connectivity index (χ1) is 6.36. The van der Waals surface area contributed by atoms with Crippen molar-refractivity contribution in [2.45, 2.75) is 35.6 Å². The first-order valence-corrected chi connectivity index (χ1v) is 4.72. The van der Waals surface area contributed by atoms with Gasteiger partial charge < -0.3 is 0 Å². The average molecular weight is 206 g/mol. The molecule has 0 aliphatic heterocycles. The van der Waals surface area contributed by atoms with E-state index in [-0.39, 0.29) is 14.9 Å². The molecule has 0 saturated heterocycles. The van der Waals surface area contributed by atoms with Gasteiger partial charge in [-0.3, -0.25) is 0 Å². The van der Waals surface area contributed by atoms with Gasteiger partial charge in [0, 0.05) is 0 Å². The van der Waals surface area contributed by atoms with Gasteiger partial charge in [-0.1, -0.05) is 77.8 Å². The highest BCUT2D eigenvalue weighted by Crippen LogP contribution is 2.06. The summed E-state index contributed by atoms with van der Waals surface area (Å²) in [6.45, 7) is 9.70. The Balaban J connectivity index is -0.000000339. The summed E-state index contributed by atoms with van der Waals surface area (Å²) in [6.07, 6.45) is 5.95. The van der Waals surface area contributed by atoms with Crippen molar-refractivity contribution >= 4 is 12.2 Å². The van der Waals surface area contributed by atoms with Gasteiger partial charge in [0.05, 0.1) is 0 Å². The number of rotatable bonds is 2. The predicted molar refractivity (Wildman–Crippen MR) is 76.1 cm³/mol. The van der Waals surface area contributed by atoms with E-state index < -0.39 is 0 Å². The van der Waals surface area contributed by atoms with E-state index in [1.54, 1.807) is 0 Å². The standard InChI is InChI=1S/C11H12.C2H6.2CH4/c1-3-5-11-8-6-10(4-2)7-9-11;1-2;;/h3-9H,2H2,1H3;1-2H3;2*1H4/b5-3+;;;. The molecule has 0 saturated carbocycles. The zero-order valence-corrected chi connectivity index (χ0v) is 8.75. The van der Waals surface area contributed by atoms with Crippen molar-refractivity contribution in [2.75, 3.05) is 0 Å². The van der Waals surface area contributed by atoms with E-state index in [4.69, 9.17) is 0 Å². The Kier molecular flexibility index (Phi) is 16.3. The van der Waals surface area contributed by atoms with Crippen LogP contribution in [0.4, 0.5) is 0 Å². The Morgan fingerprint density at radius 2 is 1.33 bits per heavy atom. The minimum Gasteiger partial charge on any atom is -0.0985 e. The van der Waals surface area contributed by atoms with Crippen LogP contribution in [0.3, 0.4) is 0 Å². The molecule has 0 bridgehead atoms. The van der Waals surface area contributed by atoms with Crippen molar-refractivity contribution in [3.63, 3.8) is 0 Å². The fourth-order valence-corrected chi connectivity index (χ4v) is 0.936. The molecule has 1 rings (SSSR count). The molecular weight excluding hydrogens is 180 g/mol. The molecule has 15 heavy (non-hydrogen) atoms. The normalized spacial score (nSPS) is 7.93. The second kappa shape index (κ2) is 12.7. The Labute approximate surface area is 96.4 Å². The van der Waals surface area contributed by atoms with E-state index in [0.29, 0.717) is 0 Å². The fraction of sp³-hybridized carbons (Fsp3) is 0.333. The van der Waals surface area contributed by atoms with Gasteiger partial charge in [0.2, 0.25) is 0 Å². The Bertz CT molecular complexity index is 252. The topological polar surface area (TPSA) is 0 Å². The molecule has 1 aromatic rings. The van der Waals surface area contributed by atoms with Gasteiger partial charge in [0.25, 0.3) is 0 Å². The quantitative estimate of drug-likeness (QED) is 0.585. The van der Waals surface area contributed by atoms with E-state index in [0.717, 1.165) is 0 Å². The van der Waals surface area contributed by atoms with E-state index in [9.17, 15) is 0 Å². The lowest BCUT2D eigenvalue weighted by Gasteiger charge is -1.93. The first kappa shape index (κ1) is 19.3. The minimum absolute atomic E-state index is 0. The second-order valence-corrected chi connectivity index (χ2v) is 2.37. The molecule has 0 radical (unpaired) electrons. The Morgan fingerprint density at radius 3 is 1.67 bits per heavy atom. The zero-order valence-electron chi connectivity index (χ0n) is 8.75. The third-order valence-electron chi connectivity index (χ3n) is 1.53. The maximum absolute atomic E-state index is 3.69. The molecule has 0 aromatic heterocycles. The van der Waals surface area contributed by atoms with E-state index in [2.05, 4.69) is 36.9 Å². The zero-order chi connectivity index (χ0) is 10.1. The predicted octanol–water partition coefficient (Wildman–Crippen LogP) is 5.66. The summed E-state index contributed by atoms with van der Waals surface area (Å²) in [5.74, 6) is 0.